The second kappa shape index (κ2) is 6.46. The van der Waals surface area contributed by atoms with Gasteiger partial charge >= 0.3 is 0 Å². The van der Waals surface area contributed by atoms with Gasteiger partial charge in [0.2, 0.25) is 0 Å². The number of hydrogen-bond acceptors (Lipinski definition) is 2. The fraction of sp³-hybridized carbons (Fsp3) is 0.545. The summed E-state index contributed by atoms with van der Waals surface area (Å²) in [7, 11) is 0. The summed E-state index contributed by atoms with van der Waals surface area (Å²) in [4.78, 5) is 4.27. The van der Waals surface area contributed by atoms with Crippen molar-refractivity contribution in [2.24, 2.45) is 5.92 Å². The van der Waals surface area contributed by atoms with Crippen molar-refractivity contribution in [3.8, 4) is 0 Å². The topological polar surface area (TPSA) is 24.9 Å². The number of pyridine rings is 1. The lowest BCUT2D eigenvalue weighted by molar-refractivity contribution is 0.543. The van der Waals surface area contributed by atoms with Gasteiger partial charge in [0.1, 0.15) is 0 Å². The van der Waals surface area contributed by atoms with Crippen molar-refractivity contribution in [1.82, 2.24) is 10.3 Å². The molecule has 84 valence electrons. The smallest absolute Gasteiger partial charge is 0.0542 e. The van der Waals surface area contributed by atoms with Gasteiger partial charge in [-0.2, -0.15) is 0 Å². The highest BCUT2D eigenvalue weighted by Crippen LogP contribution is 2.09. The molecule has 1 heterocycles. The molecule has 0 saturated carbocycles. The number of nitrogens with one attached hydrogen (secondary N) is 1. The van der Waals surface area contributed by atoms with Gasteiger partial charge < -0.3 is 5.32 Å². The van der Waals surface area contributed by atoms with Gasteiger partial charge in [-0.05, 0) is 34.0 Å². The molecule has 0 aliphatic carbocycles. The Kier molecular flexibility index (Phi) is 5.58. The Bertz CT molecular complexity index is 287. The highest BCUT2D eigenvalue weighted by molar-refractivity contribution is 9.10. The second-order valence-corrected chi connectivity index (χ2v) is 5.33. The first-order chi connectivity index (χ1) is 7.09. The van der Waals surface area contributed by atoms with Crippen LogP contribution in [0, 0.1) is 5.92 Å². The van der Waals surface area contributed by atoms with Crippen molar-refractivity contribution in [2.75, 3.05) is 6.54 Å². The van der Waals surface area contributed by atoms with Crippen LogP contribution >= 0.6 is 27.5 Å². The molecular formula is C11H16BrClN2. The summed E-state index contributed by atoms with van der Waals surface area (Å²) in [5.74, 6) is 0.497. The van der Waals surface area contributed by atoms with Gasteiger partial charge in [0, 0.05) is 29.1 Å². The summed E-state index contributed by atoms with van der Waals surface area (Å²) < 4.78 is 1.00. The van der Waals surface area contributed by atoms with Crippen LogP contribution in [0.1, 0.15) is 19.5 Å². The quantitative estimate of drug-likeness (QED) is 0.843. The Balaban J connectivity index is 2.29. The molecule has 2 nitrogen and oxygen atoms in total. The van der Waals surface area contributed by atoms with Gasteiger partial charge in [0.05, 0.1) is 5.69 Å². The van der Waals surface area contributed by atoms with Crippen LogP contribution < -0.4 is 5.32 Å². The molecule has 1 aromatic rings. The van der Waals surface area contributed by atoms with Gasteiger partial charge in [0.25, 0.3) is 0 Å². The summed E-state index contributed by atoms with van der Waals surface area (Å²) in [5.41, 5.74) is 1.03. The average molecular weight is 292 g/mol. The Morgan fingerprint density at radius 2 is 2.20 bits per heavy atom. The van der Waals surface area contributed by atoms with Crippen LogP contribution in [-0.4, -0.2) is 16.9 Å². The van der Waals surface area contributed by atoms with E-state index in [1.165, 1.54) is 0 Å². The third-order valence-electron chi connectivity index (χ3n) is 2.16. The van der Waals surface area contributed by atoms with Gasteiger partial charge in [-0.15, -0.1) is 11.6 Å². The number of nitrogens with zero attached hydrogens (tertiary/aromatic N) is 1. The monoisotopic (exact) mass is 290 g/mol. The standard InChI is InChI=1S/C11H16BrClN2/c1-8(2)11(13)7-14-6-10-4-3-9(12)5-15-10/h3-5,8,11,14H,6-7H2,1-2H3. The van der Waals surface area contributed by atoms with Crippen LogP contribution in [0.3, 0.4) is 0 Å². The fourth-order valence-electron chi connectivity index (χ4n) is 1.08. The summed E-state index contributed by atoms with van der Waals surface area (Å²) in [6.07, 6.45) is 1.80. The molecule has 0 bridgehead atoms. The van der Waals surface area contributed by atoms with Crippen LogP contribution in [0.5, 0.6) is 0 Å². The maximum atomic E-state index is 6.12. The number of hydrogen-bond donors (Lipinski definition) is 1. The van der Waals surface area contributed by atoms with Crippen LogP contribution in [0.2, 0.25) is 0 Å². The van der Waals surface area contributed by atoms with Crippen LogP contribution in [0.15, 0.2) is 22.8 Å². The Morgan fingerprint density at radius 1 is 1.47 bits per heavy atom. The molecule has 0 aliphatic rings. The maximum Gasteiger partial charge on any atom is 0.0542 e. The van der Waals surface area contributed by atoms with E-state index in [0.29, 0.717) is 5.92 Å². The molecule has 0 saturated heterocycles. The number of aromatic nitrogens is 1. The highest BCUT2D eigenvalue weighted by atomic mass is 79.9. The Hall–Kier alpha value is -0.120. The molecule has 0 aromatic carbocycles. The van der Waals surface area contributed by atoms with E-state index in [1.54, 1.807) is 6.20 Å². The van der Waals surface area contributed by atoms with Crippen LogP contribution in [0.25, 0.3) is 0 Å². The van der Waals surface area contributed by atoms with E-state index in [9.17, 15) is 0 Å². The first-order valence-corrected chi connectivity index (χ1v) is 6.27. The predicted molar refractivity (Wildman–Crippen MR) is 68.1 cm³/mol. The maximum absolute atomic E-state index is 6.12. The zero-order valence-corrected chi connectivity index (χ0v) is 11.3. The van der Waals surface area contributed by atoms with E-state index in [2.05, 4.69) is 40.1 Å². The van der Waals surface area contributed by atoms with Crippen molar-refractivity contribution >= 4 is 27.5 Å². The summed E-state index contributed by atoms with van der Waals surface area (Å²) in [6.45, 7) is 5.83. The summed E-state index contributed by atoms with van der Waals surface area (Å²) in [6, 6.07) is 3.99. The minimum atomic E-state index is 0.181. The molecule has 0 fully saturated rings. The van der Waals surface area contributed by atoms with Crippen LogP contribution in [0.4, 0.5) is 0 Å². The van der Waals surface area contributed by atoms with Crippen molar-refractivity contribution < 1.29 is 0 Å². The van der Waals surface area contributed by atoms with Crippen molar-refractivity contribution in [3.63, 3.8) is 0 Å². The molecule has 1 N–H and O–H groups in total. The fourth-order valence-corrected chi connectivity index (χ4v) is 1.43. The molecular weight excluding hydrogens is 275 g/mol. The van der Waals surface area contributed by atoms with E-state index in [4.69, 9.17) is 11.6 Å². The predicted octanol–water partition coefficient (Wildman–Crippen LogP) is 3.20. The normalized spacial score (nSPS) is 13.1. The minimum Gasteiger partial charge on any atom is -0.310 e. The zero-order valence-electron chi connectivity index (χ0n) is 9.00. The van der Waals surface area contributed by atoms with Gasteiger partial charge in [-0.25, -0.2) is 0 Å². The number of alkyl halides is 1. The van der Waals surface area contributed by atoms with E-state index in [-0.39, 0.29) is 5.38 Å². The Morgan fingerprint density at radius 3 is 2.73 bits per heavy atom. The average Bonchev–Trinajstić information content (AvgIpc) is 2.20. The molecule has 1 rings (SSSR count). The molecule has 1 unspecified atom stereocenters. The molecule has 0 spiro atoms. The minimum absolute atomic E-state index is 0.181. The lowest BCUT2D eigenvalue weighted by Crippen LogP contribution is -2.26. The summed E-state index contributed by atoms with van der Waals surface area (Å²) in [5, 5.41) is 3.47. The Labute approximate surface area is 105 Å². The number of rotatable bonds is 5. The van der Waals surface area contributed by atoms with Crippen molar-refractivity contribution in [3.05, 3.63) is 28.5 Å². The van der Waals surface area contributed by atoms with Gasteiger partial charge in [-0.1, -0.05) is 13.8 Å². The molecule has 1 aromatic heterocycles. The van der Waals surface area contributed by atoms with Gasteiger partial charge in [0.15, 0.2) is 0 Å². The van der Waals surface area contributed by atoms with Crippen molar-refractivity contribution in [1.29, 1.82) is 0 Å². The third kappa shape index (κ3) is 4.96. The molecule has 1 atom stereocenters. The highest BCUT2D eigenvalue weighted by Gasteiger charge is 2.08. The first kappa shape index (κ1) is 12.9. The third-order valence-corrected chi connectivity index (χ3v) is 3.28. The van der Waals surface area contributed by atoms with E-state index >= 15 is 0 Å². The molecule has 4 heteroatoms. The van der Waals surface area contributed by atoms with Gasteiger partial charge in [-0.3, -0.25) is 4.98 Å². The van der Waals surface area contributed by atoms with Crippen LogP contribution in [-0.2, 0) is 6.54 Å². The molecule has 0 radical (unpaired) electrons. The largest absolute Gasteiger partial charge is 0.310 e. The SMILES string of the molecule is CC(C)C(Cl)CNCc1ccc(Br)cn1. The van der Waals surface area contributed by atoms with E-state index in [0.717, 1.165) is 23.3 Å². The van der Waals surface area contributed by atoms with Crippen molar-refractivity contribution in [2.45, 2.75) is 25.8 Å². The summed E-state index contributed by atoms with van der Waals surface area (Å²) >= 11 is 9.47. The lowest BCUT2D eigenvalue weighted by atomic mass is 10.1. The molecule has 0 amide bonds. The van der Waals surface area contributed by atoms with E-state index < -0.39 is 0 Å². The molecule has 0 aliphatic heterocycles. The number of halogens is 2. The zero-order chi connectivity index (χ0) is 11.3. The van der Waals surface area contributed by atoms with E-state index in [1.807, 2.05) is 12.1 Å². The molecule has 15 heavy (non-hydrogen) atoms. The lowest BCUT2D eigenvalue weighted by Gasteiger charge is -2.13. The first-order valence-electron chi connectivity index (χ1n) is 5.05. The second-order valence-electron chi connectivity index (χ2n) is 3.86.